The lowest BCUT2D eigenvalue weighted by molar-refractivity contribution is 0.0584. The zero-order valence-corrected chi connectivity index (χ0v) is 14.1. The molecule has 0 radical (unpaired) electrons. The van der Waals surface area contributed by atoms with Crippen LogP contribution >= 0.6 is 0 Å². The maximum absolute atomic E-state index is 12.2. The average molecular weight is 306 g/mol. The second-order valence-corrected chi connectivity index (χ2v) is 6.73. The van der Waals surface area contributed by atoms with E-state index in [0.717, 1.165) is 17.8 Å². The lowest BCUT2D eigenvalue weighted by atomic mass is 10.1. The highest BCUT2D eigenvalue weighted by Gasteiger charge is 2.28. The lowest BCUT2D eigenvalue weighted by Crippen LogP contribution is -2.35. The van der Waals surface area contributed by atoms with Crippen LogP contribution in [0.2, 0.25) is 0 Å². The van der Waals surface area contributed by atoms with Crippen LogP contribution in [0.25, 0.3) is 0 Å². The van der Waals surface area contributed by atoms with E-state index in [1.165, 1.54) is 5.56 Å². The number of benzene rings is 1. The molecule has 1 aromatic carbocycles. The number of hydrogen-bond donors (Lipinski definition) is 1. The van der Waals surface area contributed by atoms with Crippen molar-refractivity contribution in [2.24, 2.45) is 0 Å². The van der Waals surface area contributed by atoms with Gasteiger partial charge >= 0.3 is 6.09 Å². The van der Waals surface area contributed by atoms with Gasteiger partial charge in [-0.1, -0.05) is 0 Å². The minimum absolute atomic E-state index is 0.242. The van der Waals surface area contributed by atoms with E-state index in [4.69, 9.17) is 9.47 Å². The molecule has 1 aromatic rings. The largest absolute Gasteiger partial charge is 0.443 e. The first-order valence-corrected chi connectivity index (χ1v) is 7.69. The Bertz CT molecular complexity index is 537. The summed E-state index contributed by atoms with van der Waals surface area (Å²) < 4.78 is 10.6. The summed E-state index contributed by atoms with van der Waals surface area (Å²) in [5.74, 6) is 0. The van der Waals surface area contributed by atoms with Gasteiger partial charge in [-0.25, -0.2) is 4.79 Å². The number of methoxy groups -OCH3 is 1. The van der Waals surface area contributed by atoms with E-state index in [2.05, 4.69) is 18.3 Å². The van der Waals surface area contributed by atoms with E-state index in [0.29, 0.717) is 13.2 Å². The molecule has 0 aromatic heterocycles. The van der Waals surface area contributed by atoms with Crippen LogP contribution in [0.3, 0.4) is 0 Å². The van der Waals surface area contributed by atoms with Gasteiger partial charge in [0.05, 0.1) is 12.3 Å². The second kappa shape index (κ2) is 6.57. The van der Waals surface area contributed by atoms with Crippen molar-refractivity contribution in [1.82, 2.24) is 0 Å². The molecule has 1 heterocycles. The lowest BCUT2D eigenvalue weighted by Gasteiger charge is -2.25. The van der Waals surface area contributed by atoms with Gasteiger partial charge in [-0.2, -0.15) is 0 Å². The highest BCUT2D eigenvalue weighted by atomic mass is 16.6. The molecule has 1 aliphatic heterocycles. The number of carbonyl (C=O) groups excluding carboxylic acids is 1. The molecule has 22 heavy (non-hydrogen) atoms. The molecule has 0 saturated carbocycles. The fourth-order valence-corrected chi connectivity index (χ4v) is 2.57. The third-order valence-electron chi connectivity index (χ3n) is 3.42. The highest BCUT2D eigenvalue weighted by Crippen LogP contribution is 2.31. The number of nitrogens with one attached hydrogen (secondary N) is 1. The van der Waals surface area contributed by atoms with Gasteiger partial charge in [0.2, 0.25) is 0 Å². The van der Waals surface area contributed by atoms with E-state index in [-0.39, 0.29) is 12.1 Å². The molecular weight excluding hydrogens is 280 g/mol. The number of hydrogen-bond acceptors (Lipinski definition) is 4. The number of fused-ring (bicyclic) bond motifs is 1. The normalized spacial score (nSPS) is 15.4. The molecule has 1 atom stereocenters. The first kappa shape index (κ1) is 16.6. The Kier molecular flexibility index (Phi) is 4.96. The Morgan fingerprint density at radius 2 is 2.14 bits per heavy atom. The van der Waals surface area contributed by atoms with Crippen LogP contribution in [-0.2, 0) is 15.9 Å². The molecule has 0 fully saturated rings. The molecule has 1 aliphatic rings. The highest BCUT2D eigenvalue weighted by molar-refractivity contribution is 5.91. The zero-order chi connectivity index (χ0) is 16.3. The molecule has 5 heteroatoms. The van der Waals surface area contributed by atoms with Crippen molar-refractivity contribution in [2.45, 2.75) is 45.8 Å². The summed E-state index contributed by atoms with van der Waals surface area (Å²) in [5, 5.41) is 3.40. The number of rotatable bonds is 4. The van der Waals surface area contributed by atoms with Crippen LogP contribution in [0.15, 0.2) is 18.2 Å². The zero-order valence-electron chi connectivity index (χ0n) is 14.1. The predicted octanol–water partition coefficient (Wildman–Crippen LogP) is 3.43. The van der Waals surface area contributed by atoms with Crippen LogP contribution in [0.1, 0.15) is 33.3 Å². The fraction of sp³-hybridized carbons (Fsp3) is 0.588. The number of nitrogens with zero attached hydrogens (tertiary/aromatic N) is 1. The third-order valence-corrected chi connectivity index (χ3v) is 3.42. The number of anilines is 2. The molecule has 0 spiro atoms. The van der Waals surface area contributed by atoms with Gasteiger partial charge in [-0.15, -0.1) is 0 Å². The van der Waals surface area contributed by atoms with Crippen molar-refractivity contribution in [1.29, 1.82) is 0 Å². The number of ether oxygens (including phenoxy) is 2. The average Bonchev–Trinajstić information content (AvgIpc) is 2.80. The van der Waals surface area contributed by atoms with Gasteiger partial charge in [-0.3, -0.25) is 4.90 Å². The summed E-state index contributed by atoms with van der Waals surface area (Å²) in [5.41, 5.74) is 2.69. The Hall–Kier alpha value is -1.75. The van der Waals surface area contributed by atoms with Crippen molar-refractivity contribution >= 4 is 17.5 Å². The Labute approximate surface area is 132 Å². The van der Waals surface area contributed by atoms with Gasteiger partial charge in [0.15, 0.2) is 0 Å². The van der Waals surface area contributed by atoms with Gasteiger partial charge < -0.3 is 14.8 Å². The summed E-state index contributed by atoms with van der Waals surface area (Å²) in [7, 11) is 1.69. The fourth-order valence-electron chi connectivity index (χ4n) is 2.57. The maximum Gasteiger partial charge on any atom is 0.414 e. The van der Waals surface area contributed by atoms with Crippen molar-refractivity contribution in [3.8, 4) is 0 Å². The summed E-state index contributed by atoms with van der Waals surface area (Å²) in [4.78, 5) is 14.0. The molecule has 1 unspecified atom stereocenters. The van der Waals surface area contributed by atoms with Gasteiger partial charge in [0.1, 0.15) is 5.60 Å². The minimum atomic E-state index is -0.475. The smallest absolute Gasteiger partial charge is 0.414 e. The second-order valence-electron chi connectivity index (χ2n) is 6.73. The standard InChI is InChI=1S/C17H26N2O3/c1-12(11-21-5)18-14-6-7-15-13(10-14)8-9-19(15)16(20)22-17(2,3)4/h6-7,10,12,18H,8-9,11H2,1-5H3. The SMILES string of the molecule is COCC(C)Nc1ccc2c(c1)CCN2C(=O)OC(C)(C)C. The molecule has 0 bridgehead atoms. The summed E-state index contributed by atoms with van der Waals surface area (Å²) in [6, 6.07) is 6.32. The quantitative estimate of drug-likeness (QED) is 0.926. The number of amides is 1. The van der Waals surface area contributed by atoms with Gasteiger partial charge in [0.25, 0.3) is 0 Å². The maximum atomic E-state index is 12.2. The third kappa shape index (κ3) is 4.13. The van der Waals surface area contributed by atoms with E-state index in [9.17, 15) is 4.79 Å². The molecule has 122 valence electrons. The first-order valence-electron chi connectivity index (χ1n) is 7.69. The summed E-state index contributed by atoms with van der Waals surface area (Å²) >= 11 is 0. The minimum Gasteiger partial charge on any atom is -0.443 e. The van der Waals surface area contributed by atoms with E-state index in [1.54, 1.807) is 12.0 Å². The Balaban J connectivity index is 2.08. The monoisotopic (exact) mass is 306 g/mol. The Morgan fingerprint density at radius 3 is 2.77 bits per heavy atom. The van der Waals surface area contributed by atoms with Crippen molar-refractivity contribution in [3.63, 3.8) is 0 Å². The molecular formula is C17H26N2O3. The van der Waals surface area contributed by atoms with Crippen LogP contribution in [0.4, 0.5) is 16.2 Å². The van der Waals surface area contributed by atoms with Crippen molar-refractivity contribution in [3.05, 3.63) is 23.8 Å². The molecule has 1 amide bonds. The first-order chi connectivity index (χ1) is 10.3. The van der Waals surface area contributed by atoms with Crippen molar-refractivity contribution < 1.29 is 14.3 Å². The molecule has 2 rings (SSSR count). The van der Waals surface area contributed by atoms with E-state index < -0.39 is 5.60 Å². The van der Waals surface area contributed by atoms with Crippen LogP contribution in [0.5, 0.6) is 0 Å². The van der Waals surface area contributed by atoms with E-state index in [1.807, 2.05) is 32.9 Å². The summed E-state index contributed by atoms with van der Waals surface area (Å²) in [6.45, 7) is 9.04. The predicted molar refractivity (Wildman–Crippen MR) is 88.7 cm³/mol. The molecule has 0 saturated heterocycles. The van der Waals surface area contributed by atoms with Crippen LogP contribution in [0, 0.1) is 0 Å². The Morgan fingerprint density at radius 1 is 1.41 bits per heavy atom. The van der Waals surface area contributed by atoms with Crippen molar-refractivity contribution in [2.75, 3.05) is 30.5 Å². The van der Waals surface area contributed by atoms with Crippen LogP contribution < -0.4 is 10.2 Å². The molecule has 5 nitrogen and oxygen atoms in total. The van der Waals surface area contributed by atoms with E-state index >= 15 is 0 Å². The van der Waals surface area contributed by atoms with Gasteiger partial charge in [-0.05, 0) is 57.9 Å². The molecule has 1 N–H and O–H groups in total. The van der Waals surface area contributed by atoms with Crippen LogP contribution in [-0.4, -0.2) is 38.0 Å². The topological polar surface area (TPSA) is 50.8 Å². The molecule has 0 aliphatic carbocycles. The van der Waals surface area contributed by atoms with Gasteiger partial charge in [0, 0.05) is 25.4 Å². The number of carbonyl (C=O) groups is 1. The summed E-state index contributed by atoms with van der Waals surface area (Å²) in [6.07, 6.45) is 0.572.